The number of hydrogen-bond donors (Lipinski definition) is 2. The number of rotatable bonds is 6. The number of amides is 1. The van der Waals surface area contributed by atoms with E-state index in [0.29, 0.717) is 36.2 Å². The number of nitrogens with zero attached hydrogens (tertiary/aromatic N) is 4. The van der Waals surface area contributed by atoms with Crippen molar-refractivity contribution in [3.8, 4) is 16.9 Å². The van der Waals surface area contributed by atoms with Crippen LogP contribution < -0.4 is 10.5 Å². The van der Waals surface area contributed by atoms with Crippen LogP contribution in [-0.4, -0.2) is 49.9 Å². The molecule has 1 aromatic carbocycles. The van der Waals surface area contributed by atoms with Crippen LogP contribution in [0.5, 0.6) is 5.75 Å². The number of nitrogen functional groups attached to an aromatic ring is 1. The Labute approximate surface area is 212 Å². The molecule has 1 aliphatic heterocycles. The number of hydrogen-bond acceptors (Lipinski definition) is 6. The van der Waals surface area contributed by atoms with Gasteiger partial charge in [0.25, 0.3) is 0 Å². The maximum atomic E-state index is 14.0. The van der Waals surface area contributed by atoms with Crippen molar-refractivity contribution in [1.82, 2.24) is 19.7 Å². The molecule has 2 aromatic heterocycles. The predicted octanol–water partition coefficient (Wildman–Crippen LogP) is 4.44. The van der Waals surface area contributed by atoms with Gasteiger partial charge in [0.2, 0.25) is 5.91 Å². The van der Waals surface area contributed by atoms with Crippen LogP contribution in [0.4, 0.5) is 10.2 Å². The highest BCUT2D eigenvalue weighted by Crippen LogP contribution is 2.37. The van der Waals surface area contributed by atoms with E-state index in [4.69, 9.17) is 33.7 Å². The van der Waals surface area contributed by atoms with E-state index < -0.39 is 23.6 Å². The third-order valence-electron chi connectivity index (χ3n) is 6.13. The van der Waals surface area contributed by atoms with Gasteiger partial charge in [0, 0.05) is 47.2 Å². The van der Waals surface area contributed by atoms with E-state index in [-0.39, 0.29) is 27.5 Å². The molecule has 3 heterocycles. The summed E-state index contributed by atoms with van der Waals surface area (Å²) in [5.74, 6) is -0.324. The number of carbonyl (C=O) groups excluding carboxylic acids is 1. The van der Waals surface area contributed by atoms with Crippen molar-refractivity contribution in [3.63, 3.8) is 0 Å². The van der Waals surface area contributed by atoms with Crippen molar-refractivity contribution in [1.29, 1.82) is 0 Å². The summed E-state index contributed by atoms with van der Waals surface area (Å²) in [7, 11) is 0. The molecule has 3 aromatic rings. The summed E-state index contributed by atoms with van der Waals surface area (Å²) in [6.07, 6.45) is 4.29. The number of aliphatic hydroxyl groups is 1. The van der Waals surface area contributed by atoms with Crippen molar-refractivity contribution in [2.45, 2.75) is 44.9 Å². The highest BCUT2D eigenvalue weighted by molar-refractivity contribution is 6.36. The second-order valence-electron chi connectivity index (χ2n) is 9.05. The number of anilines is 1. The molecule has 1 fully saturated rings. The van der Waals surface area contributed by atoms with Gasteiger partial charge in [-0.3, -0.25) is 9.48 Å². The van der Waals surface area contributed by atoms with Crippen LogP contribution in [0.1, 0.15) is 38.9 Å². The van der Waals surface area contributed by atoms with Gasteiger partial charge in [-0.15, -0.1) is 0 Å². The Morgan fingerprint density at radius 2 is 2.06 bits per heavy atom. The van der Waals surface area contributed by atoms with Gasteiger partial charge in [-0.05, 0) is 45.4 Å². The van der Waals surface area contributed by atoms with Crippen molar-refractivity contribution in [2.75, 3.05) is 18.8 Å². The van der Waals surface area contributed by atoms with Gasteiger partial charge in [-0.2, -0.15) is 5.10 Å². The first kappa shape index (κ1) is 25.2. The second-order valence-corrected chi connectivity index (χ2v) is 9.84. The monoisotopic (exact) mass is 521 g/mol. The predicted molar refractivity (Wildman–Crippen MR) is 132 cm³/mol. The number of aliphatic hydroxyl groups excluding tert-OH is 1. The first-order chi connectivity index (χ1) is 16.5. The van der Waals surface area contributed by atoms with Crippen LogP contribution in [0, 0.1) is 5.82 Å². The van der Waals surface area contributed by atoms with Crippen LogP contribution in [0.15, 0.2) is 36.8 Å². The molecule has 186 valence electrons. The summed E-state index contributed by atoms with van der Waals surface area (Å²) in [6, 6.07) is 4.29. The molecule has 1 aliphatic rings. The molecule has 0 radical (unpaired) electrons. The number of halogens is 3. The smallest absolute Gasteiger partial charge is 0.250 e. The molecule has 2 atom stereocenters. The number of benzene rings is 1. The van der Waals surface area contributed by atoms with Crippen molar-refractivity contribution < 1.29 is 19.0 Å². The fraction of sp³-hybridized carbons (Fsp3) is 0.375. The van der Waals surface area contributed by atoms with Gasteiger partial charge < -0.3 is 20.5 Å². The zero-order valence-corrected chi connectivity index (χ0v) is 21.0. The van der Waals surface area contributed by atoms with Crippen LogP contribution >= 0.6 is 23.2 Å². The molecule has 11 heteroatoms. The van der Waals surface area contributed by atoms with Crippen LogP contribution in [-0.2, 0) is 10.3 Å². The summed E-state index contributed by atoms with van der Waals surface area (Å²) in [4.78, 5) is 18.9. The standard InChI is InChI=1S/C24H26Cl2FN5O3/c1-13(20-17(25)4-5-18(27)21(20)26)35-19-8-14(9-29-22(19)28)15-10-30-32(11-15)24(2,3)23(34)31-7-6-16(33)12-31/h4-5,8-11,13,16,33H,6-7,12H2,1-3H3,(H2,28,29)/t13?,16-/m1/s1. The van der Waals surface area contributed by atoms with E-state index in [9.17, 15) is 14.3 Å². The van der Waals surface area contributed by atoms with Crippen molar-refractivity contribution in [3.05, 3.63) is 58.2 Å². The quantitative estimate of drug-likeness (QED) is 0.464. The zero-order chi connectivity index (χ0) is 25.5. The third kappa shape index (κ3) is 4.94. The van der Waals surface area contributed by atoms with Gasteiger partial charge in [-0.1, -0.05) is 23.2 Å². The lowest BCUT2D eigenvalue weighted by Crippen LogP contribution is -2.46. The van der Waals surface area contributed by atoms with E-state index >= 15 is 0 Å². The Morgan fingerprint density at radius 1 is 1.31 bits per heavy atom. The number of β-amino-alcohol motifs (C(OH)–C–C–N with tert-alkyl or cyclic N) is 1. The van der Waals surface area contributed by atoms with Gasteiger partial charge in [-0.25, -0.2) is 9.37 Å². The Bertz CT molecular complexity index is 1270. The number of pyridine rings is 1. The van der Waals surface area contributed by atoms with Crippen LogP contribution in [0.3, 0.4) is 0 Å². The van der Waals surface area contributed by atoms with Gasteiger partial charge in [0.1, 0.15) is 17.5 Å². The molecule has 1 amide bonds. The van der Waals surface area contributed by atoms with Gasteiger partial charge in [0.15, 0.2) is 11.6 Å². The summed E-state index contributed by atoms with van der Waals surface area (Å²) >= 11 is 12.3. The Kier molecular flexibility index (Phi) is 6.95. The molecule has 1 unspecified atom stereocenters. The molecule has 3 N–H and O–H groups in total. The number of aromatic nitrogens is 3. The van der Waals surface area contributed by atoms with Gasteiger partial charge >= 0.3 is 0 Å². The van der Waals surface area contributed by atoms with Crippen molar-refractivity contribution >= 4 is 34.9 Å². The summed E-state index contributed by atoms with van der Waals surface area (Å²) in [5.41, 5.74) is 6.73. The lowest BCUT2D eigenvalue weighted by molar-refractivity contribution is -0.139. The van der Waals surface area contributed by atoms with Crippen LogP contribution in [0.2, 0.25) is 10.0 Å². The maximum absolute atomic E-state index is 14.0. The average Bonchev–Trinajstić information content (AvgIpc) is 3.47. The molecular formula is C24H26Cl2FN5O3. The fourth-order valence-electron chi connectivity index (χ4n) is 4.06. The molecule has 8 nitrogen and oxygen atoms in total. The minimum absolute atomic E-state index is 0.119. The minimum Gasteiger partial charge on any atom is -0.482 e. The highest BCUT2D eigenvalue weighted by Gasteiger charge is 2.37. The molecule has 0 bridgehead atoms. The molecule has 0 spiro atoms. The maximum Gasteiger partial charge on any atom is 0.250 e. The number of nitrogens with two attached hydrogens (primary N) is 1. The molecule has 4 rings (SSSR count). The topological polar surface area (TPSA) is 106 Å². The summed E-state index contributed by atoms with van der Waals surface area (Å²) in [5, 5.41) is 14.3. The SMILES string of the molecule is CC(Oc1cc(-c2cnn(C(C)(C)C(=O)N3CC[C@@H](O)C3)c2)cnc1N)c1c(Cl)ccc(F)c1Cl. The minimum atomic E-state index is -0.956. The molecule has 1 saturated heterocycles. The number of likely N-dealkylation sites (tertiary alicyclic amines) is 1. The van der Waals surface area contributed by atoms with Gasteiger partial charge in [0.05, 0.1) is 17.3 Å². The van der Waals surface area contributed by atoms with Crippen molar-refractivity contribution in [2.24, 2.45) is 0 Å². The first-order valence-electron chi connectivity index (χ1n) is 11.1. The third-order valence-corrected chi connectivity index (χ3v) is 6.85. The summed E-state index contributed by atoms with van der Waals surface area (Å²) < 4.78 is 21.5. The van der Waals surface area contributed by atoms with E-state index in [1.165, 1.54) is 12.1 Å². The van der Waals surface area contributed by atoms with E-state index in [1.807, 2.05) is 0 Å². The number of carbonyl (C=O) groups is 1. The Hall–Kier alpha value is -2.88. The molecule has 0 aliphatic carbocycles. The van der Waals surface area contributed by atoms with E-state index in [0.717, 1.165) is 0 Å². The molecular weight excluding hydrogens is 496 g/mol. The number of ether oxygens (including phenoxy) is 1. The van der Waals surface area contributed by atoms with Crippen LogP contribution in [0.25, 0.3) is 11.1 Å². The Balaban J connectivity index is 1.58. The normalized spacial score (nSPS) is 17.0. The zero-order valence-electron chi connectivity index (χ0n) is 19.5. The first-order valence-corrected chi connectivity index (χ1v) is 11.8. The largest absolute Gasteiger partial charge is 0.482 e. The Morgan fingerprint density at radius 3 is 2.74 bits per heavy atom. The van der Waals surface area contributed by atoms with E-state index in [2.05, 4.69) is 10.1 Å². The molecule has 35 heavy (non-hydrogen) atoms. The second kappa shape index (κ2) is 9.64. The average molecular weight is 522 g/mol. The fourth-order valence-corrected chi connectivity index (χ4v) is 4.74. The lowest BCUT2D eigenvalue weighted by atomic mass is 10.0. The summed E-state index contributed by atoms with van der Waals surface area (Å²) in [6.45, 7) is 6.07. The van der Waals surface area contributed by atoms with E-state index in [1.54, 1.807) is 55.0 Å². The highest BCUT2D eigenvalue weighted by atomic mass is 35.5. The molecule has 0 saturated carbocycles. The lowest BCUT2D eigenvalue weighted by Gasteiger charge is -2.29.